The van der Waals surface area contributed by atoms with Crippen molar-refractivity contribution in [2.75, 3.05) is 22.2 Å². The number of amides is 2. The van der Waals surface area contributed by atoms with Crippen LogP contribution in [0.5, 0.6) is 0 Å². The lowest BCUT2D eigenvalue weighted by Crippen LogP contribution is -2.46. The van der Waals surface area contributed by atoms with Crippen molar-refractivity contribution in [1.29, 1.82) is 0 Å². The van der Waals surface area contributed by atoms with Crippen molar-refractivity contribution in [2.24, 2.45) is 0 Å². The van der Waals surface area contributed by atoms with Crippen LogP contribution in [0.3, 0.4) is 0 Å². The number of aromatic nitrogens is 2. The smallest absolute Gasteiger partial charge is 0.324 e. The van der Waals surface area contributed by atoms with Gasteiger partial charge in [0.25, 0.3) is 0 Å². The fraction of sp³-hybridized carbons (Fsp3) is 0.150. The molecule has 4 rings (SSSR count). The number of carbonyl (C=O) groups excluding carboxylic acids is 1. The normalized spacial score (nSPS) is 13.5. The Morgan fingerprint density at radius 3 is 2.71 bits per heavy atom. The molecule has 1 aromatic heterocycles. The monoisotopic (exact) mass is 505 g/mol. The molecule has 0 saturated heterocycles. The predicted octanol–water partition coefficient (Wildman–Crippen LogP) is 5.36. The van der Waals surface area contributed by atoms with Crippen molar-refractivity contribution < 1.29 is 4.79 Å². The van der Waals surface area contributed by atoms with E-state index in [4.69, 9.17) is 11.6 Å². The number of anilines is 4. The first-order chi connectivity index (χ1) is 13.5. The Morgan fingerprint density at radius 2 is 1.96 bits per heavy atom. The summed E-state index contributed by atoms with van der Waals surface area (Å²) < 4.78 is 0.911. The summed E-state index contributed by atoms with van der Waals surface area (Å²) in [5.41, 5.74) is 3.58. The number of hydrogen-bond donors (Lipinski definition) is 1. The molecule has 2 heterocycles. The first-order valence-corrected chi connectivity index (χ1v) is 10.1. The van der Waals surface area contributed by atoms with Gasteiger partial charge in [0.05, 0.1) is 17.3 Å². The van der Waals surface area contributed by atoms with E-state index >= 15 is 0 Å². The highest BCUT2D eigenvalue weighted by Gasteiger charge is 2.32. The second kappa shape index (κ2) is 7.56. The number of rotatable bonds is 3. The Morgan fingerprint density at radius 1 is 1.18 bits per heavy atom. The fourth-order valence-corrected chi connectivity index (χ4v) is 4.35. The Balaban J connectivity index is 1.68. The van der Waals surface area contributed by atoms with E-state index < -0.39 is 0 Å². The lowest BCUT2D eigenvalue weighted by Gasteiger charge is -2.34. The number of aryl methyl sites for hydroxylation is 1. The van der Waals surface area contributed by atoms with Crippen molar-refractivity contribution in [3.8, 4) is 0 Å². The Kier molecular flexibility index (Phi) is 5.11. The number of benzene rings is 2. The molecule has 1 aliphatic rings. The molecule has 0 fully saturated rings. The molecule has 2 aromatic carbocycles. The maximum atomic E-state index is 13.0. The highest BCUT2D eigenvalue weighted by atomic mass is 127. The molecular weight excluding hydrogens is 489 g/mol. The summed E-state index contributed by atoms with van der Waals surface area (Å²) in [5, 5.41) is 3.76. The zero-order chi connectivity index (χ0) is 19.8. The van der Waals surface area contributed by atoms with Crippen LogP contribution in [0, 0.1) is 10.5 Å². The van der Waals surface area contributed by atoms with E-state index in [-0.39, 0.29) is 6.03 Å². The molecule has 0 aliphatic carbocycles. The number of carbonyl (C=O) groups is 1. The number of fused-ring (bicyclic) bond motifs is 1. The van der Waals surface area contributed by atoms with Gasteiger partial charge in [0.2, 0.25) is 5.95 Å². The maximum absolute atomic E-state index is 13.0. The van der Waals surface area contributed by atoms with Crippen LogP contribution in [0.15, 0.2) is 48.7 Å². The SMILES string of the molecule is Cc1ccccc1Nc1ncc2c(n1)N(C)C(=O)N(c1c(Cl)cccc1I)C2. The van der Waals surface area contributed by atoms with E-state index in [1.54, 1.807) is 24.2 Å². The molecular formula is C20H17ClIN5O. The van der Waals surface area contributed by atoms with Crippen LogP contribution in [0.4, 0.5) is 27.9 Å². The van der Waals surface area contributed by atoms with Gasteiger partial charge < -0.3 is 5.32 Å². The van der Waals surface area contributed by atoms with Gasteiger partial charge in [-0.25, -0.2) is 9.78 Å². The number of hydrogen-bond acceptors (Lipinski definition) is 4. The van der Waals surface area contributed by atoms with Crippen LogP contribution in [0.25, 0.3) is 0 Å². The molecule has 6 nitrogen and oxygen atoms in total. The molecule has 0 bridgehead atoms. The summed E-state index contributed by atoms with van der Waals surface area (Å²) in [6.07, 6.45) is 1.75. The van der Waals surface area contributed by atoms with Crippen LogP contribution >= 0.6 is 34.2 Å². The standard InChI is InChI=1S/C20H17ClIN5O/c1-12-6-3-4-9-16(12)24-19-23-10-13-11-27(20(28)26(2)18(13)25-19)17-14(21)7-5-8-15(17)22/h3-10H,11H2,1-2H3,(H,23,24,25). The molecule has 8 heteroatoms. The Hall–Kier alpha value is -2.39. The third kappa shape index (κ3) is 3.40. The van der Waals surface area contributed by atoms with Crippen molar-refractivity contribution in [3.63, 3.8) is 0 Å². The highest BCUT2D eigenvalue weighted by Crippen LogP contribution is 2.36. The molecule has 0 saturated carbocycles. The lowest BCUT2D eigenvalue weighted by molar-refractivity contribution is 0.251. The topological polar surface area (TPSA) is 61.4 Å². The minimum atomic E-state index is -0.181. The fourth-order valence-electron chi connectivity index (χ4n) is 3.12. The third-order valence-corrected chi connectivity index (χ3v) is 5.78. The molecule has 28 heavy (non-hydrogen) atoms. The minimum absolute atomic E-state index is 0.181. The number of halogens is 2. The largest absolute Gasteiger partial charge is 0.330 e. The predicted molar refractivity (Wildman–Crippen MR) is 121 cm³/mol. The van der Waals surface area contributed by atoms with E-state index in [0.717, 1.165) is 20.4 Å². The maximum Gasteiger partial charge on any atom is 0.330 e. The summed E-state index contributed by atoms with van der Waals surface area (Å²) in [4.78, 5) is 25.2. The van der Waals surface area contributed by atoms with Gasteiger partial charge in [0.1, 0.15) is 5.82 Å². The van der Waals surface area contributed by atoms with E-state index in [9.17, 15) is 4.79 Å². The van der Waals surface area contributed by atoms with E-state index in [0.29, 0.717) is 29.0 Å². The molecule has 0 radical (unpaired) electrons. The van der Waals surface area contributed by atoms with Gasteiger partial charge in [-0.3, -0.25) is 9.80 Å². The molecule has 142 valence electrons. The van der Waals surface area contributed by atoms with Gasteiger partial charge in [-0.2, -0.15) is 4.98 Å². The highest BCUT2D eigenvalue weighted by molar-refractivity contribution is 14.1. The van der Waals surface area contributed by atoms with Gasteiger partial charge in [0.15, 0.2) is 0 Å². The molecule has 0 unspecified atom stereocenters. The molecule has 1 N–H and O–H groups in total. The molecule has 3 aromatic rings. The average molecular weight is 506 g/mol. The second-order valence-electron chi connectivity index (χ2n) is 6.48. The third-order valence-electron chi connectivity index (χ3n) is 4.60. The van der Waals surface area contributed by atoms with Gasteiger partial charge in [-0.05, 0) is 53.3 Å². The zero-order valence-corrected chi connectivity index (χ0v) is 18.2. The van der Waals surface area contributed by atoms with E-state index in [1.165, 1.54) is 4.90 Å². The Labute approximate surface area is 181 Å². The van der Waals surface area contributed by atoms with Crippen LogP contribution in [0.1, 0.15) is 11.1 Å². The van der Waals surface area contributed by atoms with Crippen LogP contribution in [-0.4, -0.2) is 23.0 Å². The van der Waals surface area contributed by atoms with Crippen molar-refractivity contribution in [2.45, 2.75) is 13.5 Å². The van der Waals surface area contributed by atoms with Gasteiger partial charge >= 0.3 is 6.03 Å². The lowest BCUT2D eigenvalue weighted by atomic mass is 10.2. The first kappa shape index (κ1) is 18.9. The van der Waals surface area contributed by atoms with Crippen molar-refractivity contribution >= 4 is 63.4 Å². The summed E-state index contributed by atoms with van der Waals surface area (Å²) in [5.74, 6) is 1.04. The summed E-state index contributed by atoms with van der Waals surface area (Å²) in [7, 11) is 1.71. The molecule has 0 spiro atoms. The molecule has 0 atom stereocenters. The summed E-state index contributed by atoms with van der Waals surface area (Å²) >= 11 is 8.56. The van der Waals surface area contributed by atoms with E-state index in [1.807, 2.05) is 43.3 Å². The Bertz CT molecular complexity index is 1050. The van der Waals surface area contributed by atoms with Crippen LogP contribution in [0.2, 0.25) is 5.02 Å². The van der Waals surface area contributed by atoms with Gasteiger partial charge in [0, 0.05) is 28.1 Å². The number of para-hydroxylation sites is 2. The van der Waals surface area contributed by atoms with Crippen molar-refractivity contribution in [3.05, 3.63) is 68.4 Å². The minimum Gasteiger partial charge on any atom is -0.324 e. The molecule has 2 amide bonds. The molecule has 1 aliphatic heterocycles. The average Bonchev–Trinajstić information content (AvgIpc) is 2.68. The summed E-state index contributed by atoms with van der Waals surface area (Å²) in [6.45, 7) is 2.38. The second-order valence-corrected chi connectivity index (χ2v) is 8.05. The number of nitrogens with zero attached hydrogens (tertiary/aromatic N) is 4. The van der Waals surface area contributed by atoms with Crippen molar-refractivity contribution in [1.82, 2.24) is 9.97 Å². The van der Waals surface area contributed by atoms with E-state index in [2.05, 4.69) is 37.9 Å². The van der Waals surface area contributed by atoms with Gasteiger partial charge in [-0.1, -0.05) is 35.9 Å². The summed E-state index contributed by atoms with van der Waals surface area (Å²) in [6, 6.07) is 13.3. The van der Waals surface area contributed by atoms with Crippen LogP contribution in [-0.2, 0) is 6.54 Å². The van der Waals surface area contributed by atoms with Crippen LogP contribution < -0.4 is 15.1 Å². The van der Waals surface area contributed by atoms with Gasteiger partial charge in [-0.15, -0.1) is 0 Å². The number of urea groups is 1. The number of nitrogens with one attached hydrogen (secondary N) is 1. The quantitative estimate of drug-likeness (QED) is 0.487. The first-order valence-electron chi connectivity index (χ1n) is 8.63. The zero-order valence-electron chi connectivity index (χ0n) is 15.3.